The molecule has 0 saturated carbocycles. The van der Waals surface area contributed by atoms with Crippen molar-refractivity contribution in [3.8, 4) is 0 Å². The number of anilines is 2. The van der Waals surface area contributed by atoms with E-state index in [1.807, 2.05) is 4.90 Å². The van der Waals surface area contributed by atoms with Gasteiger partial charge in [0.05, 0.1) is 18.1 Å². The quantitative estimate of drug-likeness (QED) is 0.577. The lowest BCUT2D eigenvalue weighted by Crippen LogP contribution is -2.36. The van der Waals surface area contributed by atoms with E-state index in [1.165, 1.54) is 6.07 Å². The SMILES string of the molecule is Nc1nc(N2CCOCC2)ccc1[N+](=O)[O-]. The monoisotopic (exact) mass is 224 g/mol. The predicted octanol–water partition coefficient (Wildman–Crippen LogP) is 0.409. The van der Waals surface area contributed by atoms with Gasteiger partial charge in [0.15, 0.2) is 0 Å². The lowest BCUT2D eigenvalue weighted by atomic mass is 10.3. The summed E-state index contributed by atoms with van der Waals surface area (Å²) in [5, 5.41) is 10.6. The molecule has 0 aliphatic carbocycles. The molecule has 1 saturated heterocycles. The van der Waals surface area contributed by atoms with Gasteiger partial charge in [0, 0.05) is 19.2 Å². The van der Waals surface area contributed by atoms with Gasteiger partial charge in [-0.05, 0) is 6.07 Å². The van der Waals surface area contributed by atoms with Crippen molar-refractivity contribution in [1.29, 1.82) is 0 Å². The molecule has 0 unspecified atom stereocenters. The van der Waals surface area contributed by atoms with Gasteiger partial charge in [-0.25, -0.2) is 4.98 Å². The van der Waals surface area contributed by atoms with Gasteiger partial charge < -0.3 is 15.4 Å². The van der Waals surface area contributed by atoms with Gasteiger partial charge in [-0.3, -0.25) is 10.1 Å². The third-order valence-corrected chi connectivity index (χ3v) is 2.42. The minimum Gasteiger partial charge on any atom is -0.378 e. The van der Waals surface area contributed by atoms with Crippen molar-refractivity contribution in [3.05, 3.63) is 22.2 Å². The first-order chi connectivity index (χ1) is 7.68. The Morgan fingerprint density at radius 3 is 2.69 bits per heavy atom. The fraction of sp³-hybridized carbons (Fsp3) is 0.444. The molecule has 1 aromatic rings. The van der Waals surface area contributed by atoms with E-state index in [2.05, 4.69) is 4.98 Å². The molecule has 0 amide bonds. The summed E-state index contributed by atoms with van der Waals surface area (Å²) < 4.78 is 5.20. The number of nitrogens with two attached hydrogens (primary N) is 1. The zero-order valence-corrected chi connectivity index (χ0v) is 8.63. The number of nitrogen functional groups attached to an aromatic ring is 1. The molecule has 0 aromatic carbocycles. The molecule has 0 atom stereocenters. The highest BCUT2D eigenvalue weighted by atomic mass is 16.6. The van der Waals surface area contributed by atoms with Crippen molar-refractivity contribution in [2.45, 2.75) is 0 Å². The molecule has 2 heterocycles. The summed E-state index contributed by atoms with van der Waals surface area (Å²) in [6.07, 6.45) is 0. The first kappa shape index (κ1) is 10.6. The predicted molar refractivity (Wildman–Crippen MR) is 58.3 cm³/mol. The molecule has 7 heteroatoms. The Morgan fingerprint density at radius 2 is 2.12 bits per heavy atom. The normalized spacial score (nSPS) is 16.1. The van der Waals surface area contributed by atoms with Gasteiger partial charge in [-0.1, -0.05) is 0 Å². The lowest BCUT2D eigenvalue weighted by molar-refractivity contribution is -0.384. The first-order valence-corrected chi connectivity index (χ1v) is 4.92. The van der Waals surface area contributed by atoms with E-state index in [1.54, 1.807) is 6.07 Å². The second-order valence-electron chi connectivity index (χ2n) is 3.43. The molecular formula is C9H12N4O3. The molecule has 0 bridgehead atoms. The molecule has 7 nitrogen and oxygen atoms in total. The maximum absolute atomic E-state index is 10.6. The molecule has 86 valence electrons. The zero-order valence-electron chi connectivity index (χ0n) is 8.63. The van der Waals surface area contributed by atoms with Crippen LogP contribution in [0.15, 0.2) is 12.1 Å². The molecule has 2 rings (SSSR count). The molecule has 0 spiro atoms. The van der Waals surface area contributed by atoms with Crippen LogP contribution in [0, 0.1) is 10.1 Å². The molecule has 16 heavy (non-hydrogen) atoms. The Morgan fingerprint density at radius 1 is 1.44 bits per heavy atom. The Balaban J connectivity index is 2.23. The van der Waals surface area contributed by atoms with E-state index in [-0.39, 0.29) is 11.5 Å². The minimum atomic E-state index is -0.536. The average molecular weight is 224 g/mol. The second-order valence-corrected chi connectivity index (χ2v) is 3.43. The Hall–Kier alpha value is -1.89. The van der Waals surface area contributed by atoms with E-state index < -0.39 is 4.92 Å². The highest BCUT2D eigenvalue weighted by molar-refractivity contribution is 5.58. The van der Waals surface area contributed by atoms with Crippen molar-refractivity contribution >= 4 is 17.3 Å². The molecule has 1 fully saturated rings. The number of ether oxygens (including phenoxy) is 1. The minimum absolute atomic E-state index is 0.0472. The average Bonchev–Trinajstić information content (AvgIpc) is 2.29. The summed E-state index contributed by atoms with van der Waals surface area (Å²) in [7, 11) is 0. The van der Waals surface area contributed by atoms with E-state index in [4.69, 9.17) is 10.5 Å². The number of nitro groups is 1. The molecule has 1 aromatic heterocycles. The largest absolute Gasteiger partial charge is 0.378 e. The summed E-state index contributed by atoms with van der Waals surface area (Å²) in [5.74, 6) is 0.611. The molecule has 2 N–H and O–H groups in total. The topological polar surface area (TPSA) is 94.5 Å². The van der Waals surface area contributed by atoms with Crippen LogP contribution in [0.4, 0.5) is 17.3 Å². The summed E-state index contributed by atoms with van der Waals surface area (Å²) in [5.41, 5.74) is 5.36. The summed E-state index contributed by atoms with van der Waals surface area (Å²) in [4.78, 5) is 16.0. The van der Waals surface area contributed by atoms with Gasteiger partial charge in [0.2, 0.25) is 5.82 Å². The Bertz CT molecular complexity index is 404. The van der Waals surface area contributed by atoms with Crippen LogP contribution in [0.25, 0.3) is 0 Å². The van der Waals surface area contributed by atoms with Crippen LogP contribution in [-0.2, 0) is 4.74 Å². The summed E-state index contributed by atoms with van der Waals surface area (Å²) in [6.45, 7) is 2.73. The molecule has 1 aliphatic rings. The van der Waals surface area contributed by atoms with Gasteiger partial charge in [0.25, 0.3) is 0 Å². The maximum Gasteiger partial charge on any atom is 0.311 e. The van der Waals surface area contributed by atoms with Gasteiger partial charge >= 0.3 is 5.69 Å². The van der Waals surface area contributed by atoms with Crippen molar-refractivity contribution < 1.29 is 9.66 Å². The second kappa shape index (κ2) is 4.31. The highest BCUT2D eigenvalue weighted by Gasteiger charge is 2.17. The van der Waals surface area contributed by atoms with E-state index in [0.717, 1.165) is 13.1 Å². The number of hydrogen-bond donors (Lipinski definition) is 1. The van der Waals surface area contributed by atoms with Crippen molar-refractivity contribution in [2.75, 3.05) is 36.9 Å². The zero-order chi connectivity index (χ0) is 11.5. The van der Waals surface area contributed by atoms with Gasteiger partial charge in [-0.2, -0.15) is 0 Å². The van der Waals surface area contributed by atoms with Gasteiger partial charge in [0.1, 0.15) is 5.82 Å². The van der Waals surface area contributed by atoms with Gasteiger partial charge in [-0.15, -0.1) is 0 Å². The van der Waals surface area contributed by atoms with E-state index >= 15 is 0 Å². The van der Waals surface area contributed by atoms with E-state index in [9.17, 15) is 10.1 Å². The van der Waals surface area contributed by atoms with Crippen LogP contribution in [0.5, 0.6) is 0 Å². The summed E-state index contributed by atoms with van der Waals surface area (Å²) >= 11 is 0. The van der Waals surface area contributed by atoms with Crippen LogP contribution in [0.2, 0.25) is 0 Å². The van der Waals surface area contributed by atoms with E-state index in [0.29, 0.717) is 19.0 Å². The first-order valence-electron chi connectivity index (χ1n) is 4.92. The molecule has 1 aliphatic heterocycles. The molecular weight excluding hydrogens is 212 g/mol. The van der Waals surface area contributed by atoms with Crippen LogP contribution < -0.4 is 10.6 Å². The van der Waals surface area contributed by atoms with Crippen LogP contribution >= 0.6 is 0 Å². The van der Waals surface area contributed by atoms with Crippen molar-refractivity contribution in [1.82, 2.24) is 4.98 Å². The third-order valence-electron chi connectivity index (χ3n) is 2.42. The maximum atomic E-state index is 10.6. The number of aromatic nitrogens is 1. The fourth-order valence-electron chi connectivity index (χ4n) is 1.58. The smallest absolute Gasteiger partial charge is 0.311 e. The highest BCUT2D eigenvalue weighted by Crippen LogP contribution is 2.23. The number of morpholine rings is 1. The third kappa shape index (κ3) is 2.03. The standard InChI is InChI=1S/C9H12N4O3/c10-9-7(13(14)15)1-2-8(11-9)12-3-5-16-6-4-12/h1-2H,3-6H2,(H2,10,11). The van der Waals surface area contributed by atoms with Crippen molar-refractivity contribution in [2.24, 2.45) is 0 Å². The molecule has 0 radical (unpaired) electrons. The number of hydrogen-bond acceptors (Lipinski definition) is 6. The fourth-order valence-corrected chi connectivity index (χ4v) is 1.58. The lowest BCUT2D eigenvalue weighted by Gasteiger charge is -2.27. The van der Waals surface area contributed by atoms with Crippen LogP contribution in [0.1, 0.15) is 0 Å². The van der Waals surface area contributed by atoms with Crippen LogP contribution in [0.3, 0.4) is 0 Å². The summed E-state index contributed by atoms with van der Waals surface area (Å²) in [6, 6.07) is 2.99. The van der Waals surface area contributed by atoms with Crippen LogP contribution in [-0.4, -0.2) is 36.2 Å². The Kier molecular flexibility index (Phi) is 2.86. The number of rotatable bonds is 2. The number of pyridine rings is 1. The van der Waals surface area contributed by atoms with Crippen molar-refractivity contribution in [3.63, 3.8) is 0 Å². The number of nitrogens with zero attached hydrogens (tertiary/aromatic N) is 3. The Labute approximate surface area is 92.0 Å².